The number of benzene rings is 2. The van der Waals surface area contributed by atoms with Crippen LogP contribution in [-0.2, 0) is 4.79 Å². The molecular formula is C19H19N5O4. The summed E-state index contributed by atoms with van der Waals surface area (Å²) in [5, 5.41) is 31.1. The fraction of sp³-hybridized carbons (Fsp3) is 0.263. The van der Waals surface area contributed by atoms with Gasteiger partial charge in [-0.1, -0.05) is 23.3 Å². The van der Waals surface area contributed by atoms with Crippen LogP contribution in [0.15, 0.2) is 54.6 Å². The second kappa shape index (κ2) is 7.28. The highest BCUT2D eigenvalue weighted by molar-refractivity contribution is 5.77. The molecule has 1 aliphatic rings. The van der Waals surface area contributed by atoms with Crippen LogP contribution in [0.5, 0.6) is 11.5 Å². The maximum Gasteiger partial charge on any atom is 0.335 e. The summed E-state index contributed by atoms with van der Waals surface area (Å²) in [6, 6.07) is 16.8. The topological polar surface area (TPSA) is 114 Å². The summed E-state index contributed by atoms with van der Waals surface area (Å²) in [5.74, 6) is 0.747. The van der Waals surface area contributed by atoms with Crippen LogP contribution in [0.4, 0.5) is 5.95 Å². The Balaban J connectivity index is 1.49. The first-order valence-electron chi connectivity index (χ1n) is 8.88. The summed E-state index contributed by atoms with van der Waals surface area (Å²) in [7, 11) is 0. The molecular weight excluding hydrogens is 362 g/mol. The summed E-state index contributed by atoms with van der Waals surface area (Å²) in [4.78, 5) is 13.1. The van der Waals surface area contributed by atoms with E-state index < -0.39 is 11.6 Å². The van der Waals surface area contributed by atoms with Gasteiger partial charge in [0.25, 0.3) is 0 Å². The summed E-state index contributed by atoms with van der Waals surface area (Å²) < 4.78 is 7.37. The molecule has 9 heteroatoms. The maximum atomic E-state index is 11.2. The predicted molar refractivity (Wildman–Crippen MR) is 99.7 cm³/mol. The Morgan fingerprint density at radius 1 is 1.00 bits per heavy atom. The van der Waals surface area contributed by atoms with Crippen LogP contribution in [0.25, 0.3) is 5.69 Å². The van der Waals surface area contributed by atoms with Crippen molar-refractivity contribution >= 4 is 11.9 Å². The largest absolute Gasteiger partial charge is 0.479 e. The van der Waals surface area contributed by atoms with Crippen molar-refractivity contribution in [2.45, 2.75) is 18.4 Å². The predicted octanol–water partition coefficient (Wildman–Crippen LogP) is 1.87. The van der Waals surface area contributed by atoms with Gasteiger partial charge in [0.05, 0.1) is 5.69 Å². The Morgan fingerprint density at radius 2 is 1.64 bits per heavy atom. The van der Waals surface area contributed by atoms with E-state index in [0.29, 0.717) is 24.8 Å². The van der Waals surface area contributed by atoms with E-state index in [9.17, 15) is 9.90 Å². The van der Waals surface area contributed by atoms with Crippen LogP contribution in [0.1, 0.15) is 12.8 Å². The zero-order valence-electron chi connectivity index (χ0n) is 15.0. The van der Waals surface area contributed by atoms with Crippen LogP contribution >= 0.6 is 0 Å². The number of para-hydroxylation sites is 1. The van der Waals surface area contributed by atoms with Gasteiger partial charge in [-0.05, 0) is 46.8 Å². The summed E-state index contributed by atoms with van der Waals surface area (Å²) >= 11 is 0. The normalized spacial score (nSPS) is 16.0. The van der Waals surface area contributed by atoms with Crippen LogP contribution in [-0.4, -0.2) is 55.1 Å². The minimum Gasteiger partial charge on any atom is -0.479 e. The molecule has 0 amide bonds. The lowest BCUT2D eigenvalue weighted by Crippen LogP contribution is -2.50. The van der Waals surface area contributed by atoms with Gasteiger partial charge in [0.2, 0.25) is 5.95 Å². The number of carbonyl (C=O) groups is 1. The molecule has 3 aromatic rings. The smallest absolute Gasteiger partial charge is 0.335 e. The molecule has 2 heterocycles. The fourth-order valence-corrected chi connectivity index (χ4v) is 3.12. The van der Waals surface area contributed by atoms with Crippen LogP contribution < -0.4 is 9.64 Å². The van der Waals surface area contributed by atoms with E-state index in [1.807, 2.05) is 59.5 Å². The monoisotopic (exact) mass is 381 g/mol. The van der Waals surface area contributed by atoms with Crippen LogP contribution in [0.2, 0.25) is 0 Å². The zero-order chi connectivity index (χ0) is 19.6. The SMILES string of the molecule is O=C(O)C1(O)CCN(c2nnnn2-c2ccc(Oc3ccccc3)cc2)CC1. The van der Waals surface area contributed by atoms with Gasteiger partial charge >= 0.3 is 5.97 Å². The fourth-order valence-electron chi connectivity index (χ4n) is 3.12. The molecule has 1 aromatic heterocycles. The molecule has 9 nitrogen and oxygen atoms in total. The van der Waals surface area contributed by atoms with E-state index in [2.05, 4.69) is 15.5 Å². The highest BCUT2D eigenvalue weighted by Gasteiger charge is 2.40. The van der Waals surface area contributed by atoms with Gasteiger partial charge < -0.3 is 19.8 Å². The van der Waals surface area contributed by atoms with Gasteiger partial charge in [0.15, 0.2) is 5.60 Å². The van der Waals surface area contributed by atoms with Crippen molar-refractivity contribution in [2.24, 2.45) is 0 Å². The van der Waals surface area contributed by atoms with Crippen molar-refractivity contribution < 1.29 is 19.7 Å². The number of aliphatic hydroxyl groups is 1. The lowest BCUT2D eigenvalue weighted by atomic mass is 9.92. The summed E-state index contributed by atoms with van der Waals surface area (Å²) in [5.41, 5.74) is -0.940. The van der Waals surface area contributed by atoms with Crippen LogP contribution in [0.3, 0.4) is 0 Å². The van der Waals surface area contributed by atoms with Crippen molar-refractivity contribution in [3.05, 3.63) is 54.6 Å². The molecule has 2 aromatic carbocycles. The molecule has 1 aliphatic heterocycles. The number of tetrazole rings is 1. The number of piperidine rings is 1. The average molecular weight is 381 g/mol. The van der Waals surface area contributed by atoms with E-state index >= 15 is 0 Å². The van der Waals surface area contributed by atoms with Crippen LogP contribution in [0, 0.1) is 0 Å². The van der Waals surface area contributed by atoms with E-state index in [4.69, 9.17) is 9.84 Å². The van der Waals surface area contributed by atoms with Crippen molar-refractivity contribution in [3.8, 4) is 17.2 Å². The van der Waals surface area contributed by atoms with Gasteiger partial charge in [0.1, 0.15) is 11.5 Å². The highest BCUT2D eigenvalue weighted by atomic mass is 16.5. The average Bonchev–Trinajstić information content (AvgIpc) is 3.20. The van der Waals surface area contributed by atoms with E-state index in [-0.39, 0.29) is 12.8 Å². The first-order chi connectivity index (χ1) is 13.5. The zero-order valence-corrected chi connectivity index (χ0v) is 15.0. The number of nitrogens with zero attached hydrogens (tertiary/aromatic N) is 5. The number of carboxylic acid groups (broad SMARTS) is 1. The molecule has 0 radical (unpaired) electrons. The highest BCUT2D eigenvalue weighted by Crippen LogP contribution is 2.27. The number of aliphatic carboxylic acids is 1. The minimum atomic E-state index is -1.69. The Hall–Kier alpha value is -3.46. The minimum absolute atomic E-state index is 0.110. The lowest BCUT2D eigenvalue weighted by Gasteiger charge is -2.35. The summed E-state index contributed by atoms with van der Waals surface area (Å²) in [6.45, 7) is 0.691. The van der Waals surface area contributed by atoms with E-state index in [1.165, 1.54) is 0 Å². The number of ether oxygens (including phenoxy) is 1. The molecule has 0 unspecified atom stereocenters. The van der Waals surface area contributed by atoms with Gasteiger partial charge in [-0.15, -0.1) is 0 Å². The third-order valence-corrected chi connectivity index (χ3v) is 4.78. The Morgan fingerprint density at radius 3 is 2.29 bits per heavy atom. The number of hydrogen-bond acceptors (Lipinski definition) is 7. The standard InChI is InChI=1S/C19H19N5O4/c25-17(26)19(27)10-12-23(13-11-19)18-20-21-22-24(18)14-6-8-16(9-7-14)28-15-4-2-1-3-5-15/h1-9,27H,10-13H2,(H,25,26). The molecule has 0 spiro atoms. The second-order valence-corrected chi connectivity index (χ2v) is 6.62. The van der Waals surface area contributed by atoms with E-state index in [1.54, 1.807) is 4.68 Å². The molecule has 0 aliphatic carbocycles. The van der Waals surface area contributed by atoms with Crippen molar-refractivity contribution in [2.75, 3.05) is 18.0 Å². The molecule has 28 heavy (non-hydrogen) atoms. The van der Waals surface area contributed by atoms with Gasteiger partial charge in [0, 0.05) is 25.9 Å². The molecule has 0 saturated carbocycles. The Labute approximate surface area is 160 Å². The Kier molecular flexibility index (Phi) is 4.66. The summed E-state index contributed by atoms with van der Waals surface area (Å²) in [6.07, 6.45) is 0.220. The molecule has 0 bridgehead atoms. The number of hydrogen-bond donors (Lipinski definition) is 2. The molecule has 144 valence electrons. The number of aromatic nitrogens is 4. The van der Waals surface area contributed by atoms with Gasteiger partial charge in [-0.25, -0.2) is 4.79 Å². The quantitative estimate of drug-likeness (QED) is 0.689. The van der Waals surface area contributed by atoms with Crippen molar-refractivity contribution in [1.82, 2.24) is 20.2 Å². The molecule has 1 saturated heterocycles. The molecule has 4 rings (SSSR count). The van der Waals surface area contributed by atoms with Crippen molar-refractivity contribution in [3.63, 3.8) is 0 Å². The molecule has 0 atom stereocenters. The Bertz CT molecular complexity index is 950. The number of carboxylic acids is 1. The first kappa shape index (κ1) is 17.9. The van der Waals surface area contributed by atoms with Gasteiger partial charge in [-0.2, -0.15) is 4.68 Å². The maximum absolute atomic E-state index is 11.2. The third-order valence-electron chi connectivity index (χ3n) is 4.78. The van der Waals surface area contributed by atoms with Gasteiger partial charge in [-0.3, -0.25) is 0 Å². The third kappa shape index (κ3) is 3.52. The second-order valence-electron chi connectivity index (χ2n) is 6.62. The molecule has 1 fully saturated rings. The molecule has 2 N–H and O–H groups in total. The lowest BCUT2D eigenvalue weighted by molar-refractivity contribution is -0.160. The first-order valence-corrected chi connectivity index (χ1v) is 8.88. The van der Waals surface area contributed by atoms with E-state index in [0.717, 1.165) is 11.4 Å². The number of rotatable bonds is 5. The number of anilines is 1. The van der Waals surface area contributed by atoms with Crippen molar-refractivity contribution in [1.29, 1.82) is 0 Å².